The van der Waals surface area contributed by atoms with Crippen LogP contribution >= 0.6 is 23.2 Å². The van der Waals surface area contributed by atoms with Gasteiger partial charge in [0.25, 0.3) is 11.8 Å². The van der Waals surface area contributed by atoms with E-state index in [0.29, 0.717) is 0 Å². The van der Waals surface area contributed by atoms with Gasteiger partial charge in [-0.3, -0.25) is 20.4 Å². The summed E-state index contributed by atoms with van der Waals surface area (Å²) in [4.78, 5) is 24.2. The van der Waals surface area contributed by atoms with Gasteiger partial charge in [-0.25, -0.2) is 12.8 Å². The molecule has 12 heteroatoms. The minimum atomic E-state index is -4.00. The number of carbonyl (C=O) groups excluding carboxylic acids is 2. The molecule has 0 atom stereocenters. The maximum absolute atomic E-state index is 13.7. The molecule has 0 spiro atoms. The van der Waals surface area contributed by atoms with Crippen molar-refractivity contribution >= 4 is 45.0 Å². The number of rotatable bonds is 4. The number of amides is 2. The number of morpholine rings is 1. The second-order valence-corrected chi connectivity index (χ2v) is 8.89. The molecule has 160 valence electrons. The zero-order valence-corrected chi connectivity index (χ0v) is 17.7. The van der Waals surface area contributed by atoms with Gasteiger partial charge in [0, 0.05) is 13.1 Å². The van der Waals surface area contributed by atoms with Crippen molar-refractivity contribution in [1.82, 2.24) is 15.2 Å². The van der Waals surface area contributed by atoms with Crippen molar-refractivity contribution in [2.45, 2.75) is 4.90 Å². The summed E-state index contributed by atoms with van der Waals surface area (Å²) < 4.78 is 45.8. The summed E-state index contributed by atoms with van der Waals surface area (Å²) in [7, 11) is -4.00. The van der Waals surface area contributed by atoms with E-state index >= 15 is 0 Å². The summed E-state index contributed by atoms with van der Waals surface area (Å²) >= 11 is 12.1. The molecule has 2 aromatic rings. The fraction of sp³-hybridized carbons (Fsp3) is 0.222. The van der Waals surface area contributed by atoms with Gasteiger partial charge in [0.15, 0.2) is 0 Å². The highest BCUT2D eigenvalue weighted by Gasteiger charge is 2.30. The number of nitrogens with one attached hydrogen (secondary N) is 2. The summed E-state index contributed by atoms with van der Waals surface area (Å²) in [5.74, 6) is -2.57. The third-order valence-electron chi connectivity index (χ3n) is 4.26. The monoisotopic (exact) mass is 475 g/mol. The number of ether oxygens (including phenoxy) is 1. The standard InChI is InChI=1S/C18H16Cl2FN3O5S/c19-13-10-14(20)16(30(27,28)24-5-7-29-8-6-24)9-12(13)18(26)23-22-17(25)11-3-1-2-4-15(11)21/h1-4,9-10H,5-8H2,(H,22,25)(H,23,26). The molecule has 0 aromatic heterocycles. The van der Waals surface area contributed by atoms with E-state index in [2.05, 4.69) is 10.9 Å². The van der Waals surface area contributed by atoms with E-state index in [-0.39, 0.29) is 52.4 Å². The topological polar surface area (TPSA) is 105 Å². The molecular weight excluding hydrogens is 460 g/mol. The number of hydrogen-bond acceptors (Lipinski definition) is 5. The molecule has 2 aromatic carbocycles. The van der Waals surface area contributed by atoms with Crippen LogP contribution in [0.15, 0.2) is 41.3 Å². The van der Waals surface area contributed by atoms with E-state index < -0.39 is 27.7 Å². The van der Waals surface area contributed by atoms with Gasteiger partial charge in [-0.2, -0.15) is 4.31 Å². The predicted molar refractivity (Wildman–Crippen MR) is 107 cm³/mol. The third-order valence-corrected chi connectivity index (χ3v) is 6.94. The molecule has 1 aliphatic rings. The summed E-state index contributed by atoms with van der Waals surface area (Å²) in [5.41, 5.74) is 3.62. The molecule has 0 bridgehead atoms. The Morgan fingerprint density at radius 2 is 1.57 bits per heavy atom. The quantitative estimate of drug-likeness (QED) is 0.659. The van der Waals surface area contributed by atoms with Gasteiger partial charge in [0.2, 0.25) is 10.0 Å². The molecule has 1 heterocycles. The van der Waals surface area contributed by atoms with E-state index in [1.165, 1.54) is 22.5 Å². The van der Waals surface area contributed by atoms with Crippen molar-refractivity contribution in [1.29, 1.82) is 0 Å². The third kappa shape index (κ3) is 4.73. The molecule has 2 N–H and O–H groups in total. The molecule has 8 nitrogen and oxygen atoms in total. The first-order valence-corrected chi connectivity index (χ1v) is 10.8. The van der Waals surface area contributed by atoms with Gasteiger partial charge in [-0.15, -0.1) is 0 Å². The molecule has 0 aliphatic carbocycles. The number of sulfonamides is 1. The van der Waals surface area contributed by atoms with E-state index in [4.69, 9.17) is 27.9 Å². The summed E-state index contributed by atoms with van der Waals surface area (Å²) in [6, 6.07) is 7.35. The number of hydrazine groups is 1. The van der Waals surface area contributed by atoms with Crippen LogP contribution in [-0.2, 0) is 14.8 Å². The lowest BCUT2D eigenvalue weighted by molar-refractivity contribution is 0.0730. The molecule has 0 radical (unpaired) electrons. The Hall–Kier alpha value is -2.24. The number of nitrogens with zero attached hydrogens (tertiary/aromatic N) is 1. The molecule has 1 fully saturated rings. The second kappa shape index (κ2) is 9.27. The number of carbonyl (C=O) groups is 2. The molecule has 1 saturated heterocycles. The number of hydrogen-bond donors (Lipinski definition) is 2. The van der Waals surface area contributed by atoms with Crippen molar-refractivity contribution in [2.75, 3.05) is 26.3 Å². The Morgan fingerprint density at radius 1 is 0.967 bits per heavy atom. The Morgan fingerprint density at radius 3 is 2.20 bits per heavy atom. The van der Waals surface area contributed by atoms with Crippen molar-refractivity contribution in [3.05, 3.63) is 63.4 Å². The van der Waals surface area contributed by atoms with Crippen LogP contribution in [0.1, 0.15) is 20.7 Å². The van der Waals surface area contributed by atoms with Crippen LogP contribution in [0, 0.1) is 5.82 Å². The first-order chi connectivity index (χ1) is 14.2. The largest absolute Gasteiger partial charge is 0.379 e. The molecule has 3 rings (SSSR count). The number of benzene rings is 2. The van der Waals surface area contributed by atoms with Crippen LogP contribution < -0.4 is 10.9 Å². The molecule has 1 aliphatic heterocycles. The zero-order chi connectivity index (χ0) is 21.9. The number of halogens is 3. The van der Waals surface area contributed by atoms with E-state index in [9.17, 15) is 22.4 Å². The fourth-order valence-electron chi connectivity index (χ4n) is 2.72. The van der Waals surface area contributed by atoms with Crippen molar-refractivity contribution < 1.29 is 27.1 Å². The first kappa shape index (κ1) is 22.4. The second-order valence-electron chi connectivity index (χ2n) is 6.17. The highest BCUT2D eigenvalue weighted by Crippen LogP contribution is 2.31. The van der Waals surface area contributed by atoms with Gasteiger partial charge in [-0.05, 0) is 24.3 Å². The fourth-order valence-corrected chi connectivity index (χ4v) is 4.96. The van der Waals surface area contributed by atoms with E-state index in [1.807, 2.05) is 0 Å². The van der Waals surface area contributed by atoms with Gasteiger partial charge in [0.1, 0.15) is 10.7 Å². The summed E-state index contributed by atoms with van der Waals surface area (Å²) in [6.45, 7) is 0.753. The molecule has 30 heavy (non-hydrogen) atoms. The molecule has 0 unspecified atom stereocenters. The minimum absolute atomic E-state index is 0.126. The Labute approximate surface area is 181 Å². The van der Waals surface area contributed by atoms with E-state index in [1.54, 1.807) is 0 Å². The maximum atomic E-state index is 13.7. The SMILES string of the molecule is O=C(NNC(=O)c1cc(S(=O)(=O)N2CCOCC2)c(Cl)cc1Cl)c1ccccc1F. The van der Waals surface area contributed by atoms with Crippen molar-refractivity contribution in [3.63, 3.8) is 0 Å². The smallest absolute Gasteiger partial charge is 0.272 e. The van der Waals surface area contributed by atoms with Crippen LogP contribution in [0.4, 0.5) is 4.39 Å². The average Bonchev–Trinajstić information content (AvgIpc) is 2.72. The van der Waals surface area contributed by atoms with Gasteiger partial charge >= 0.3 is 0 Å². The first-order valence-electron chi connectivity index (χ1n) is 8.64. The molecular formula is C18H16Cl2FN3O5S. The van der Waals surface area contributed by atoms with E-state index in [0.717, 1.165) is 18.2 Å². The van der Waals surface area contributed by atoms with Crippen LogP contribution in [0.2, 0.25) is 10.0 Å². The lowest BCUT2D eigenvalue weighted by Gasteiger charge is -2.26. The van der Waals surface area contributed by atoms with Crippen molar-refractivity contribution in [3.8, 4) is 0 Å². The van der Waals surface area contributed by atoms with Gasteiger partial charge in [0.05, 0.1) is 34.4 Å². The Bertz CT molecular complexity index is 1090. The predicted octanol–water partition coefficient (Wildman–Crippen LogP) is 2.23. The van der Waals surface area contributed by atoms with Gasteiger partial charge in [-0.1, -0.05) is 35.3 Å². The average molecular weight is 476 g/mol. The lowest BCUT2D eigenvalue weighted by Crippen LogP contribution is -2.42. The van der Waals surface area contributed by atoms with Crippen LogP contribution in [0.3, 0.4) is 0 Å². The van der Waals surface area contributed by atoms with Crippen LogP contribution in [0.5, 0.6) is 0 Å². The molecule has 0 saturated carbocycles. The van der Waals surface area contributed by atoms with Gasteiger partial charge < -0.3 is 4.74 Å². The van der Waals surface area contributed by atoms with Crippen molar-refractivity contribution in [2.24, 2.45) is 0 Å². The Kier molecular flexibility index (Phi) is 6.94. The normalized spacial score (nSPS) is 14.9. The summed E-state index contributed by atoms with van der Waals surface area (Å²) in [6.07, 6.45) is 0. The maximum Gasteiger partial charge on any atom is 0.272 e. The lowest BCUT2D eigenvalue weighted by atomic mass is 10.2. The minimum Gasteiger partial charge on any atom is -0.379 e. The highest BCUT2D eigenvalue weighted by molar-refractivity contribution is 7.89. The van der Waals surface area contributed by atoms with Crippen LogP contribution in [-0.4, -0.2) is 50.8 Å². The Balaban J connectivity index is 1.82. The highest BCUT2D eigenvalue weighted by atomic mass is 35.5. The van der Waals surface area contributed by atoms with Crippen LogP contribution in [0.25, 0.3) is 0 Å². The molecule has 2 amide bonds. The zero-order valence-electron chi connectivity index (χ0n) is 15.3. The summed E-state index contributed by atoms with van der Waals surface area (Å²) in [5, 5.41) is -0.281.